The highest BCUT2D eigenvalue weighted by molar-refractivity contribution is 5.93. The number of aryl methyl sites for hydroxylation is 2. The van der Waals surface area contributed by atoms with Gasteiger partial charge in [-0.1, -0.05) is 23.8 Å². The number of nitrogens with one attached hydrogen (secondary N) is 1. The standard InChI is InChI=1S/C19H23NO4/c1-13-5-6-15(14(2)9-13)11-24-12-19(21)20-17-8-7-16(22-3)10-18(17)23-4/h5-10H,11-12H2,1-4H3,(H,20,21). The quantitative estimate of drug-likeness (QED) is 0.845. The predicted molar refractivity (Wildman–Crippen MR) is 93.7 cm³/mol. The summed E-state index contributed by atoms with van der Waals surface area (Å²) >= 11 is 0. The summed E-state index contributed by atoms with van der Waals surface area (Å²) in [6, 6.07) is 11.4. The van der Waals surface area contributed by atoms with Gasteiger partial charge < -0.3 is 19.5 Å². The van der Waals surface area contributed by atoms with Crippen molar-refractivity contribution in [1.29, 1.82) is 0 Å². The Morgan fingerprint density at radius 3 is 2.50 bits per heavy atom. The second-order valence-corrected chi connectivity index (χ2v) is 5.54. The Labute approximate surface area is 142 Å². The van der Waals surface area contributed by atoms with Crippen LogP contribution in [0.3, 0.4) is 0 Å². The van der Waals surface area contributed by atoms with Gasteiger partial charge in [-0.3, -0.25) is 4.79 Å². The zero-order valence-corrected chi connectivity index (χ0v) is 14.5. The fourth-order valence-electron chi connectivity index (χ4n) is 2.35. The molecule has 0 aliphatic heterocycles. The lowest BCUT2D eigenvalue weighted by molar-refractivity contribution is -0.121. The molecule has 0 aliphatic rings. The third-order valence-corrected chi connectivity index (χ3v) is 3.67. The smallest absolute Gasteiger partial charge is 0.250 e. The van der Waals surface area contributed by atoms with Gasteiger partial charge in [0.25, 0.3) is 0 Å². The van der Waals surface area contributed by atoms with Crippen LogP contribution in [0, 0.1) is 13.8 Å². The van der Waals surface area contributed by atoms with Crippen LogP contribution in [0.1, 0.15) is 16.7 Å². The topological polar surface area (TPSA) is 56.8 Å². The summed E-state index contributed by atoms with van der Waals surface area (Å²) in [6.45, 7) is 4.46. The molecule has 2 aromatic rings. The molecule has 128 valence electrons. The molecule has 0 radical (unpaired) electrons. The number of rotatable bonds is 7. The summed E-state index contributed by atoms with van der Waals surface area (Å²) in [5.41, 5.74) is 4.03. The molecule has 0 unspecified atom stereocenters. The van der Waals surface area contributed by atoms with Crippen LogP contribution in [0.5, 0.6) is 11.5 Å². The van der Waals surface area contributed by atoms with E-state index in [0.29, 0.717) is 23.8 Å². The summed E-state index contributed by atoms with van der Waals surface area (Å²) in [5, 5.41) is 2.78. The Hall–Kier alpha value is -2.53. The van der Waals surface area contributed by atoms with E-state index in [-0.39, 0.29) is 12.5 Å². The largest absolute Gasteiger partial charge is 0.497 e. The Balaban J connectivity index is 1.89. The number of benzene rings is 2. The highest BCUT2D eigenvalue weighted by Crippen LogP contribution is 2.28. The third-order valence-electron chi connectivity index (χ3n) is 3.67. The molecule has 0 saturated heterocycles. The van der Waals surface area contributed by atoms with Crippen LogP contribution < -0.4 is 14.8 Å². The molecule has 0 saturated carbocycles. The van der Waals surface area contributed by atoms with Crippen LogP contribution in [0.25, 0.3) is 0 Å². The molecule has 1 amide bonds. The molecule has 0 atom stereocenters. The molecule has 0 heterocycles. The second kappa shape index (κ2) is 8.36. The van der Waals surface area contributed by atoms with Crippen LogP contribution in [0.2, 0.25) is 0 Å². The molecular weight excluding hydrogens is 306 g/mol. The first-order chi connectivity index (χ1) is 11.5. The van der Waals surface area contributed by atoms with Crippen LogP contribution in [-0.4, -0.2) is 26.7 Å². The summed E-state index contributed by atoms with van der Waals surface area (Å²) in [7, 11) is 3.12. The fraction of sp³-hybridized carbons (Fsp3) is 0.316. The number of amides is 1. The summed E-state index contributed by atoms with van der Waals surface area (Å²) in [5.74, 6) is 0.969. The maximum Gasteiger partial charge on any atom is 0.250 e. The summed E-state index contributed by atoms with van der Waals surface area (Å²) in [6.07, 6.45) is 0. The van der Waals surface area contributed by atoms with Gasteiger partial charge in [0.15, 0.2) is 0 Å². The van der Waals surface area contributed by atoms with Gasteiger partial charge in [-0.2, -0.15) is 0 Å². The van der Waals surface area contributed by atoms with E-state index < -0.39 is 0 Å². The zero-order valence-electron chi connectivity index (χ0n) is 14.5. The van der Waals surface area contributed by atoms with Crippen LogP contribution >= 0.6 is 0 Å². The van der Waals surface area contributed by atoms with Gasteiger partial charge in [0, 0.05) is 6.07 Å². The van der Waals surface area contributed by atoms with Crippen molar-refractivity contribution in [2.45, 2.75) is 20.5 Å². The molecule has 0 fully saturated rings. The first-order valence-electron chi connectivity index (χ1n) is 7.69. The molecule has 0 spiro atoms. The van der Waals surface area contributed by atoms with Gasteiger partial charge in [-0.15, -0.1) is 0 Å². The van der Waals surface area contributed by atoms with Crippen LogP contribution in [0.4, 0.5) is 5.69 Å². The van der Waals surface area contributed by atoms with Gasteiger partial charge in [0.2, 0.25) is 5.91 Å². The van der Waals surface area contributed by atoms with E-state index in [1.165, 1.54) is 5.56 Å². The van der Waals surface area contributed by atoms with E-state index in [2.05, 4.69) is 11.4 Å². The van der Waals surface area contributed by atoms with Crippen molar-refractivity contribution in [3.05, 3.63) is 53.1 Å². The lowest BCUT2D eigenvalue weighted by atomic mass is 10.1. The van der Waals surface area contributed by atoms with E-state index in [4.69, 9.17) is 14.2 Å². The maximum absolute atomic E-state index is 12.0. The minimum atomic E-state index is -0.233. The Morgan fingerprint density at radius 1 is 1.04 bits per heavy atom. The molecule has 5 heteroatoms. The number of ether oxygens (including phenoxy) is 3. The van der Waals surface area contributed by atoms with Gasteiger partial charge in [0.05, 0.1) is 26.5 Å². The van der Waals surface area contributed by atoms with Crippen molar-refractivity contribution in [2.24, 2.45) is 0 Å². The minimum Gasteiger partial charge on any atom is -0.497 e. The van der Waals surface area contributed by atoms with Crippen molar-refractivity contribution in [2.75, 3.05) is 26.1 Å². The first kappa shape index (κ1) is 17.8. The van der Waals surface area contributed by atoms with E-state index in [0.717, 1.165) is 11.1 Å². The summed E-state index contributed by atoms with van der Waals surface area (Å²) < 4.78 is 15.9. The van der Waals surface area contributed by atoms with Gasteiger partial charge in [-0.05, 0) is 37.1 Å². The van der Waals surface area contributed by atoms with Gasteiger partial charge in [0.1, 0.15) is 18.1 Å². The van der Waals surface area contributed by atoms with Crippen molar-refractivity contribution in [3.8, 4) is 11.5 Å². The number of hydrogen-bond donors (Lipinski definition) is 1. The van der Waals surface area contributed by atoms with Gasteiger partial charge >= 0.3 is 0 Å². The molecule has 24 heavy (non-hydrogen) atoms. The number of carbonyl (C=O) groups excluding carboxylic acids is 1. The molecule has 0 bridgehead atoms. The van der Waals surface area contributed by atoms with Crippen LogP contribution in [0.15, 0.2) is 36.4 Å². The van der Waals surface area contributed by atoms with Crippen molar-refractivity contribution in [1.82, 2.24) is 0 Å². The van der Waals surface area contributed by atoms with Gasteiger partial charge in [-0.25, -0.2) is 0 Å². The summed E-state index contributed by atoms with van der Waals surface area (Å²) in [4.78, 5) is 12.0. The second-order valence-electron chi connectivity index (χ2n) is 5.54. The monoisotopic (exact) mass is 329 g/mol. The molecular formula is C19H23NO4. The Kier molecular flexibility index (Phi) is 6.21. The van der Waals surface area contributed by atoms with E-state index in [9.17, 15) is 4.79 Å². The predicted octanol–water partition coefficient (Wildman–Crippen LogP) is 3.48. The number of carbonyl (C=O) groups is 1. The molecule has 5 nitrogen and oxygen atoms in total. The lowest BCUT2D eigenvalue weighted by Gasteiger charge is -2.12. The van der Waals surface area contributed by atoms with E-state index >= 15 is 0 Å². The van der Waals surface area contributed by atoms with E-state index in [1.54, 1.807) is 32.4 Å². The van der Waals surface area contributed by atoms with Crippen LogP contribution in [-0.2, 0) is 16.1 Å². The lowest BCUT2D eigenvalue weighted by Crippen LogP contribution is -2.18. The minimum absolute atomic E-state index is 0.0253. The molecule has 0 aromatic heterocycles. The normalized spacial score (nSPS) is 10.3. The average molecular weight is 329 g/mol. The Bertz CT molecular complexity index is 713. The first-order valence-corrected chi connectivity index (χ1v) is 7.69. The third kappa shape index (κ3) is 4.73. The molecule has 0 aliphatic carbocycles. The number of hydrogen-bond acceptors (Lipinski definition) is 4. The van der Waals surface area contributed by atoms with Crippen molar-refractivity contribution >= 4 is 11.6 Å². The highest BCUT2D eigenvalue weighted by atomic mass is 16.5. The average Bonchev–Trinajstić information content (AvgIpc) is 2.57. The molecule has 2 rings (SSSR count). The fourth-order valence-corrected chi connectivity index (χ4v) is 2.35. The highest BCUT2D eigenvalue weighted by Gasteiger charge is 2.09. The maximum atomic E-state index is 12.0. The van der Waals surface area contributed by atoms with Crippen molar-refractivity contribution < 1.29 is 19.0 Å². The zero-order chi connectivity index (χ0) is 17.5. The Morgan fingerprint density at radius 2 is 1.83 bits per heavy atom. The molecule has 1 N–H and O–H groups in total. The SMILES string of the molecule is COc1ccc(NC(=O)COCc2ccc(C)cc2C)c(OC)c1. The number of anilines is 1. The molecule has 2 aromatic carbocycles. The van der Waals surface area contributed by atoms with Crippen molar-refractivity contribution in [3.63, 3.8) is 0 Å². The number of methoxy groups -OCH3 is 2. The van der Waals surface area contributed by atoms with E-state index in [1.807, 2.05) is 26.0 Å².